The van der Waals surface area contributed by atoms with E-state index in [0.717, 1.165) is 0 Å². The van der Waals surface area contributed by atoms with Crippen molar-refractivity contribution < 1.29 is 17.6 Å². The Bertz CT molecular complexity index is 659. The fourth-order valence-corrected chi connectivity index (χ4v) is 6.20. The van der Waals surface area contributed by atoms with Crippen LogP contribution in [0.3, 0.4) is 0 Å². The first kappa shape index (κ1) is 20.3. The fourth-order valence-electron chi connectivity index (χ4n) is 4.63. The average Bonchev–Trinajstić information content (AvgIpc) is 3.00. The van der Waals surface area contributed by atoms with E-state index in [-0.39, 0.29) is 49.3 Å². The summed E-state index contributed by atoms with van der Waals surface area (Å²) in [4.78, 5) is 14.7. The molecule has 2 heterocycles. The maximum absolute atomic E-state index is 13.7. The normalized spacial score (nSPS) is 32.6. The SMILES string of the molecule is CC1N(C2CCC(F)(F)CC2)SC(c2ncncn2)N1C1CCC(F)(F)CC1. The molecule has 0 spiro atoms. The maximum Gasteiger partial charge on any atom is 0.248 e. The summed E-state index contributed by atoms with van der Waals surface area (Å²) >= 11 is 1.55. The van der Waals surface area contributed by atoms with Gasteiger partial charge in [0.1, 0.15) is 18.0 Å². The van der Waals surface area contributed by atoms with Crippen LogP contribution in [0.5, 0.6) is 0 Å². The summed E-state index contributed by atoms with van der Waals surface area (Å²) < 4.78 is 56.8. The summed E-state index contributed by atoms with van der Waals surface area (Å²) in [6, 6.07) is 0.0397. The molecule has 0 N–H and O–H groups in total. The lowest BCUT2D eigenvalue weighted by molar-refractivity contribution is -0.0702. The molecule has 156 valence electrons. The van der Waals surface area contributed by atoms with E-state index in [2.05, 4.69) is 24.2 Å². The second-order valence-electron chi connectivity index (χ2n) is 8.07. The summed E-state index contributed by atoms with van der Waals surface area (Å²) in [5.41, 5.74) is 0. The fraction of sp³-hybridized carbons (Fsp3) is 0.833. The van der Waals surface area contributed by atoms with Crippen molar-refractivity contribution in [2.45, 2.75) is 93.8 Å². The summed E-state index contributed by atoms with van der Waals surface area (Å²) in [5, 5.41) is -0.211. The Morgan fingerprint density at radius 3 is 1.93 bits per heavy atom. The zero-order chi connectivity index (χ0) is 19.9. The number of halogens is 4. The topological polar surface area (TPSA) is 45.2 Å². The van der Waals surface area contributed by atoms with Gasteiger partial charge in [0.25, 0.3) is 0 Å². The third kappa shape index (κ3) is 4.14. The lowest BCUT2D eigenvalue weighted by Gasteiger charge is -2.40. The summed E-state index contributed by atoms with van der Waals surface area (Å²) in [6.07, 6.45) is 4.06. The van der Waals surface area contributed by atoms with Gasteiger partial charge in [-0.1, -0.05) is 0 Å². The van der Waals surface area contributed by atoms with Crippen molar-refractivity contribution in [3.8, 4) is 0 Å². The number of alkyl halides is 4. The molecular weight excluding hydrogens is 394 g/mol. The monoisotopic (exact) mass is 419 g/mol. The molecule has 2 aliphatic carbocycles. The highest BCUT2D eigenvalue weighted by atomic mass is 32.2. The minimum atomic E-state index is -2.59. The van der Waals surface area contributed by atoms with Crippen molar-refractivity contribution in [3.63, 3.8) is 0 Å². The molecule has 0 aromatic carbocycles. The van der Waals surface area contributed by atoms with Crippen molar-refractivity contribution in [1.29, 1.82) is 0 Å². The van der Waals surface area contributed by atoms with Gasteiger partial charge in [0.15, 0.2) is 5.82 Å². The van der Waals surface area contributed by atoms with E-state index in [1.807, 2.05) is 6.92 Å². The van der Waals surface area contributed by atoms with Crippen LogP contribution in [0.25, 0.3) is 0 Å². The number of rotatable bonds is 3. The molecular formula is C18H25F4N5S. The first-order valence-electron chi connectivity index (χ1n) is 9.86. The number of nitrogens with zero attached hydrogens (tertiary/aromatic N) is 5. The number of hydrogen-bond donors (Lipinski definition) is 0. The molecule has 1 aliphatic heterocycles. The Morgan fingerprint density at radius 1 is 0.893 bits per heavy atom. The highest BCUT2D eigenvalue weighted by Crippen LogP contribution is 2.51. The summed E-state index contributed by atoms with van der Waals surface area (Å²) in [5.74, 6) is -4.58. The molecule has 5 nitrogen and oxygen atoms in total. The van der Waals surface area contributed by atoms with E-state index in [1.165, 1.54) is 12.7 Å². The molecule has 28 heavy (non-hydrogen) atoms. The van der Waals surface area contributed by atoms with Gasteiger partial charge in [0.05, 0.1) is 6.17 Å². The van der Waals surface area contributed by atoms with Crippen molar-refractivity contribution in [2.75, 3.05) is 0 Å². The molecule has 1 saturated heterocycles. The predicted molar refractivity (Wildman–Crippen MR) is 97.7 cm³/mol. The molecule has 1 aromatic heterocycles. The van der Waals surface area contributed by atoms with Gasteiger partial charge in [0, 0.05) is 37.8 Å². The van der Waals surface area contributed by atoms with E-state index in [1.54, 1.807) is 11.9 Å². The summed E-state index contributed by atoms with van der Waals surface area (Å²) in [6.45, 7) is 2.04. The zero-order valence-electron chi connectivity index (χ0n) is 15.8. The Kier molecular flexibility index (Phi) is 5.56. The molecule has 2 atom stereocenters. The second-order valence-corrected chi connectivity index (χ2v) is 9.15. The van der Waals surface area contributed by atoms with Crippen LogP contribution in [-0.2, 0) is 0 Å². The molecule has 1 aromatic rings. The van der Waals surface area contributed by atoms with Gasteiger partial charge in [0.2, 0.25) is 11.8 Å². The number of aromatic nitrogens is 3. The third-order valence-corrected chi connectivity index (χ3v) is 7.68. The average molecular weight is 419 g/mol. The van der Waals surface area contributed by atoms with Crippen LogP contribution in [0.1, 0.15) is 69.5 Å². The van der Waals surface area contributed by atoms with Gasteiger partial charge in [-0.2, -0.15) is 0 Å². The third-order valence-electron chi connectivity index (χ3n) is 6.18. The minimum Gasteiger partial charge on any atom is -0.265 e. The molecule has 10 heteroatoms. The van der Waals surface area contributed by atoms with Gasteiger partial charge < -0.3 is 0 Å². The van der Waals surface area contributed by atoms with Gasteiger partial charge in [-0.3, -0.25) is 4.90 Å². The maximum atomic E-state index is 13.7. The van der Waals surface area contributed by atoms with Gasteiger partial charge in [-0.15, -0.1) is 0 Å². The molecule has 3 aliphatic rings. The highest BCUT2D eigenvalue weighted by molar-refractivity contribution is 7.97. The van der Waals surface area contributed by atoms with Crippen molar-refractivity contribution in [2.24, 2.45) is 0 Å². The highest BCUT2D eigenvalue weighted by Gasteiger charge is 2.50. The molecule has 0 bridgehead atoms. The quantitative estimate of drug-likeness (QED) is 0.526. The van der Waals surface area contributed by atoms with Crippen molar-refractivity contribution in [3.05, 3.63) is 18.5 Å². The first-order valence-corrected chi connectivity index (χ1v) is 10.7. The van der Waals surface area contributed by atoms with Crippen LogP contribution in [0.15, 0.2) is 12.7 Å². The number of hydrogen-bond acceptors (Lipinski definition) is 6. The standard InChI is InChI=1S/C18H25F4N5S/c1-12-26(13-2-6-17(19,20)7-3-13)16(15-24-10-23-11-25-15)28-27(12)14-4-8-18(21,22)9-5-14/h10-14,16H,2-9H2,1H3. The molecule has 0 radical (unpaired) electrons. The molecule has 4 rings (SSSR count). The van der Waals surface area contributed by atoms with Gasteiger partial charge in [-0.05, 0) is 44.6 Å². The second kappa shape index (κ2) is 7.68. The van der Waals surface area contributed by atoms with Crippen LogP contribution in [0.4, 0.5) is 17.6 Å². The Balaban J connectivity index is 1.55. The van der Waals surface area contributed by atoms with Gasteiger partial charge >= 0.3 is 0 Å². The summed E-state index contributed by atoms with van der Waals surface area (Å²) in [7, 11) is 0. The lowest BCUT2D eigenvalue weighted by Crippen LogP contribution is -2.49. The molecule has 2 saturated carbocycles. The van der Waals surface area contributed by atoms with E-state index in [9.17, 15) is 17.6 Å². The van der Waals surface area contributed by atoms with Crippen LogP contribution >= 0.6 is 11.9 Å². The first-order chi connectivity index (χ1) is 13.3. The smallest absolute Gasteiger partial charge is 0.248 e. The molecule has 0 amide bonds. The Labute approximate surface area is 166 Å². The van der Waals surface area contributed by atoms with Gasteiger partial charge in [-0.25, -0.2) is 36.8 Å². The van der Waals surface area contributed by atoms with Crippen LogP contribution in [-0.4, -0.2) is 54.3 Å². The van der Waals surface area contributed by atoms with Crippen LogP contribution in [0.2, 0.25) is 0 Å². The zero-order valence-corrected chi connectivity index (χ0v) is 16.6. The molecule has 3 fully saturated rings. The van der Waals surface area contributed by atoms with E-state index >= 15 is 0 Å². The van der Waals surface area contributed by atoms with Crippen LogP contribution in [0, 0.1) is 0 Å². The minimum absolute atomic E-state index is 0.000998. The van der Waals surface area contributed by atoms with E-state index < -0.39 is 11.8 Å². The Hall–Kier alpha value is -1.00. The lowest BCUT2D eigenvalue weighted by atomic mass is 9.90. The van der Waals surface area contributed by atoms with Crippen molar-refractivity contribution in [1.82, 2.24) is 24.2 Å². The van der Waals surface area contributed by atoms with E-state index in [0.29, 0.717) is 31.5 Å². The van der Waals surface area contributed by atoms with Crippen LogP contribution < -0.4 is 0 Å². The predicted octanol–water partition coefficient (Wildman–Crippen LogP) is 4.64. The van der Waals surface area contributed by atoms with Crippen molar-refractivity contribution >= 4 is 11.9 Å². The van der Waals surface area contributed by atoms with E-state index in [4.69, 9.17) is 0 Å². The molecule has 2 unspecified atom stereocenters. The Morgan fingerprint density at radius 2 is 1.39 bits per heavy atom. The largest absolute Gasteiger partial charge is 0.265 e.